The molecule has 0 atom stereocenters. The lowest BCUT2D eigenvalue weighted by atomic mass is 10.1. The van der Waals surface area contributed by atoms with Crippen molar-refractivity contribution in [3.05, 3.63) is 29.6 Å². The smallest absolute Gasteiger partial charge is 0.175 e. The van der Waals surface area contributed by atoms with Crippen molar-refractivity contribution in [2.24, 2.45) is 10.9 Å². The zero-order chi connectivity index (χ0) is 14.0. The van der Waals surface area contributed by atoms with Gasteiger partial charge in [0.2, 0.25) is 0 Å². The van der Waals surface area contributed by atoms with Crippen LogP contribution in [-0.2, 0) is 0 Å². The zero-order valence-corrected chi connectivity index (χ0v) is 11.9. The Balaban J connectivity index is 2.42. The van der Waals surface area contributed by atoms with E-state index in [1.165, 1.54) is 6.07 Å². The van der Waals surface area contributed by atoms with Crippen LogP contribution in [-0.4, -0.2) is 34.6 Å². The van der Waals surface area contributed by atoms with E-state index in [4.69, 9.17) is 10.9 Å². The molecule has 1 saturated heterocycles. The number of hydrogen-bond donors (Lipinski definition) is 2. The maximum Gasteiger partial charge on any atom is 0.175 e. The van der Waals surface area contributed by atoms with Crippen molar-refractivity contribution in [3.8, 4) is 0 Å². The maximum atomic E-state index is 13.9. The molecule has 6 heteroatoms. The highest BCUT2D eigenvalue weighted by atomic mass is 32.2. The third-order valence-corrected chi connectivity index (χ3v) is 4.42. The third kappa shape index (κ3) is 2.94. The van der Waals surface area contributed by atoms with Crippen molar-refractivity contribution in [2.75, 3.05) is 23.7 Å². The molecule has 1 fully saturated rings. The largest absolute Gasteiger partial charge is 0.409 e. The van der Waals surface area contributed by atoms with E-state index >= 15 is 0 Å². The molecule has 0 unspecified atom stereocenters. The molecule has 0 bridgehead atoms. The molecule has 3 N–H and O–H groups in total. The van der Waals surface area contributed by atoms with Crippen LogP contribution in [0.15, 0.2) is 23.4 Å². The van der Waals surface area contributed by atoms with E-state index in [1.807, 2.05) is 17.8 Å². The molecule has 1 heterocycles. The Kier molecular flexibility index (Phi) is 3.89. The standard InChI is InChI=1S/C13H18FN3OS/c1-13(2)8-17(6-7-19-13)10-5-3-4-9(14)11(10)12(15)16-18/h3-5,18H,6-8H2,1-2H3,(H2,15,16). The van der Waals surface area contributed by atoms with Gasteiger partial charge in [0.05, 0.1) is 11.3 Å². The maximum absolute atomic E-state index is 13.9. The number of nitrogens with zero attached hydrogens (tertiary/aromatic N) is 2. The van der Waals surface area contributed by atoms with E-state index in [1.54, 1.807) is 6.07 Å². The first-order chi connectivity index (χ1) is 8.94. The molecule has 1 aliphatic rings. The minimum Gasteiger partial charge on any atom is -0.409 e. The minimum atomic E-state index is -0.469. The SMILES string of the molecule is CC1(C)CN(c2cccc(F)c2/C(N)=N/O)CCS1. The second-order valence-electron chi connectivity index (χ2n) is 5.15. The van der Waals surface area contributed by atoms with Crippen LogP contribution in [0.1, 0.15) is 19.4 Å². The van der Waals surface area contributed by atoms with Crippen molar-refractivity contribution >= 4 is 23.3 Å². The summed E-state index contributed by atoms with van der Waals surface area (Å²) in [4.78, 5) is 2.09. The van der Waals surface area contributed by atoms with Crippen LogP contribution < -0.4 is 10.6 Å². The molecular formula is C13H18FN3OS. The molecule has 4 nitrogen and oxygen atoms in total. The van der Waals surface area contributed by atoms with Gasteiger partial charge in [0.15, 0.2) is 5.84 Å². The fraction of sp³-hybridized carbons (Fsp3) is 0.462. The molecule has 19 heavy (non-hydrogen) atoms. The first-order valence-electron chi connectivity index (χ1n) is 6.10. The van der Waals surface area contributed by atoms with E-state index < -0.39 is 5.82 Å². The summed E-state index contributed by atoms with van der Waals surface area (Å²) in [7, 11) is 0. The average molecular weight is 283 g/mol. The van der Waals surface area contributed by atoms with Crippen molar-refractivity contribution < 1.29 is 9.60 Å². The summed E-state index contributed by atoms with van der Waals surface area (Å²) in [5, 5.41) is 11.7. The van der Waals surface area contributed by atoms with Gasteiger partial charge in [-0.2, -0.15) is 11.8 Å². The summed E-state index contributed by atoms with van der Waals surface area (Å²) in [5.41, 5.74) is 6.46. The van der Waals surface area contributed by atoms with Crippen LogP contribution in [0.4, 0.5) is 10.1 Å². The van der Waals surface area contributed by atoms with Gasteiger partial charge in [-0.25, -0.2) is 4.39 Å². The Morgan fingerprint density at radius 2 is 2.26 bits per heavy atom. The lowest BCUT2D eigenvalue weighted by Gasteiger charge is -2.39. The van der Waals surface area contributed by atoms with Crippen LogP contribution in [0.5, 0.6) is 0 Å². The van der Waals surface area contributed by atoms with Gasteiger partial charge in [0.25, 0.3) is 0 Å². The van der Waals surface area contributed by atoms with Gasteiger partial charge in [-0.3, -0.25) is 0 Å². The van der Waals surface area contributed by atoms with Crippen molar-refractivity contribution in [3.63, 3.8) is 0 Å². The fourth-order valence-corrected chi connectivity index (χ4v) is 3.41. The summed E-state index contributed by atoms with van der Waals surface area (Å²) in [5.74, 6) is 0.312. The second kappa shape index (κ2) is 5.28. The van der Waals surface area contributed by atoms with Gasteiger partial charge >= 0.3 is 0 Å². The van der Waals surface area contributed by atoms with Crippen LogP contribution >= 0.6 is 11.8 Å². The molecule has 0 aliphatic carbocycles. The summed E-state index contributed by atoms with van der Waals surface area (Å²) >= 11 is 1.90. The molecular weight excluding hydrogens is 265 g/mol. The Labute approximate surface area is 116 Å². The van der Waals surface area contributed by atoms with Crippen LogP contribution in [0.2, 0.25) is 0 Å². The van der Waals surface area contributed by atoms with Gasteiger partial charge in [-0.15, -0.1) is 0 Å². The van der Waals surface area contributed by atoms with E-state index in [9.17, 15) is 4.39 Å². The normalized spacial score (nSPS) is 19.5. The van der Waals surface area contributed by atoms with Gasteiger partial charge in [-0.05, 0) is 26.0 Å². The predicted octanol–water partition coefficient (Wildman–Crippen LogP) is 2.25. The zero-order valence-electron chi connectivity index (χ0n) is 11.1. The summed E-state index contributed by atoms with van der Waals surface area (Å²) in [6.07, 6.45) is 0. The molecule has 0 amide bonds. The Hall–Kier alpha value is -1.43. The molecule has 0 saturated carbocycles. The van der Waals surface area contributed by atoms with E-state index in [2.05, 4.69) is 23.9 Å². The van der Waals surface area contributed by atoms with Gasteiger partial charge < -0.3 is 15.8 Å². The van der Waals surface area contributed by atoms with E-state index in [0.717, 1.165) is 18.8 Å². The summed E-state index contributed by atoms with van der Waals surface area (Å²) < 4.78 is 14.0. The number of rotatable bonds is 2. The van der Waals surface area contributed by atoms with E-state index in [0.29, 0.717) is 5.69 Å². The van der Waals surface area contributed by atoms with Gasteiger partial charge in [-0.1, -0.05) is 11.2 Å². The van der Waals surface area contributed by atoms with Crippen LogP contribution in [0, 0.1) is 5.82 Å². The summed E-state index contributed by atoms with van der Waals surface area (Å²) in [6, 6.07) is 4.77. The predicted molar refractivity (Wildman–Crippen MR) is 77.7 cm³/mol. The molecule has 1 aliphatic heterocycles. The highest BCUT2D eigenvalue weighted by molar-refractivity contribution is 8.00. The van der Waals surface area contributed by atoms with Crippen molar-refractivity contribution in [2.45, 2.75) is 18.6 Å². The highest BCUT2D eigenvalue weighted by Gasteiger charge is 2.29. The fourth-order valence-electron chi connectivity index (χ4n) is 2.30. The molecule has 1 aromatic rings. The van der Waals surface area contributed by atoms with Crippen molar-refractivity contribution in [1.29, 1.82) is 0 Å². The number of hydrogen-bond acceptors (Lipinski definition) is 4. The second-order valence-corrected chi connectivity index (χ2v) is 6.95. The molecule has 1 aromatic carbocycles. The topological polar surface area (TPSA) is 61.8 Å². The number of thioether (sulfide) groups is 1. The number of oxime groups is 1. The Morgan fingerprint density at radius 3 is 2.89 bits per heavy atom. The van der Waals surface area contributed by atoms with E-state index in [-0.39, 0.29) is 16.1 Å². The monoisotopic (exact) mass is 283 g/mol. The first-order valence-corrected chi connectivity index (χ1v) is 7.08. The lowest BCUT2D eigenvalue weighted by molar-refractivity contribution is 0.318. The van der Waals surface area contributed by atoms with Gasteiger partial charge in [0, 0.05) is 23.6 Å². The Bertz CT molecular complexity index is 505. The van der Waals surface area contributed by atoms with Crippen LogP contribution in [0.3, 0.4) is 0 Å². The van der Waals surface area contributed by atoms with Crippen molar-refractivity contribution in [1.82, 2.24) is 0 Å². The van der Waals surface area contributed by atoms with Gasteiger partial charge in [0.1, 0.15) is 5.82 Å². The minimum absolute atomic E-state index is 0.104. The number of anilines is 1. The highest BCUT2D eigenvalue weighted by Crippen LogP contribution is 2.34. The Morgan fingerprint density at radius 1 is 1.53 bits per heavy atom. The molecule has 0 aromatic heterocycles. The molecule has 2 rings (SSSR count). The number of amidine groups is 1. The van der Waals surface area contributed by atoms with Crippen LogP contribution in [0.25, 0.3) is 0 Å². The lowest BCUT2D eigenvalue weighted by Crippen LogP contribution is -2.44. The number of benzene rings is 1. The quantitative estimate of drug-likeness (QED) is 0.378. The third-order valence-electron chi connectivity index (χ3n) is 3.12. The summed E-state index contributed by atoms with van der Waals surface area (Å²) in [6.45, 7) is 5.94. The number of nitrogens with two attached hydrogens (primary N) is 1. The number of halogens is 1. The first kappa shape index (κ1) is 14.0. The average Bonchev–Trinajstić information content (AvgIpc) is 2.36. The molecule has 0 radical (unpaired) electrons. The molecule has 0 spiro atoms. The molecule has 104 valence electrons.